The Morgan fingerprint density at radius 1 is 1.30 bits per heavy atom. The first kappa shape index (κ1) is 21.1. The zero-order chi connectivity index (χ0) is 21.1. The van der Waals surface area contributed by atoms with Crippen molar-refractivity contribution in [3.8, 4) is 0 Å². The topological polar surface area (TPSA) is 81.0 Å². The van der Waals surface area contributed by atoms with Crippen LogP contribution in [0.15, 0.2) is 11.7 Å². The van der Waals surface area contributed by atoms with Gasteiger partial charge in [0, 0.05) is 43.2 Å². The van der Waals surface area contributed by atoms with Gasteiger partial charge in [-0.15, -0.1) is 11.3 Å². The van der Waals surface area contributed by atoms with Crippen LogP contribution in [0.2, 0.25) is 0 Å². The fourth-order valence-corrected chi connectivity index (χ4v) is 4.98. The number of anilines is 1. The summed E-state index contributed by atoms with van der Waals surface area (Å²) in [7, 11) is 1.70. The smallest absolute Gasteiger partial charge is 0.165 e. The quantitative estimate of drug-likeness (QED) is 0.551. The lowest BCUT2D eigenvalue weighted by Gasteiger charge is -2.39. The Hall–Kier alpha value is -2.10. The minimum Gasteiger partial charge on any atom is -0.383 e. The highest BCUT2D eigenvalue weighted by Crippen LogP contribution is 2.34. The molecule has 3 aromatic rings. The molecule has 0 aromatic carbocycles. The first-order valence-electron chi connectivity index (χ1n) is 10.6. The molecular formula is C21H31N7OS. The van der Waals surface area contributed by atoms with Crippen molar-refractivity contribution in [2.75, 3.05) is 38.7 Å². The van der Waals surface area contributed by atoms with Crippen LogP contribution in [-0.4, -0.2) is 62.8 Å². The molecule has 8 nitrogen and oxygen atoms in total. The van der Waals surface area contributed by atoms with Crippen molar-refractivity contribution in [2.45, 2.75) is 52.1 Å². The number of fused-ring (bicyclic) bond motifs is 1. The number of imidazole rings is 1. The molecule has 0 amide bonds. The molecule has 1 atom stereocenters. The maximum absolute atomic E-state index is 5.20. The molecule has 0 aliphatic carbocycles. The lowest BCUT2D eigenvalue weighted by molar-refractivity contribution is 0.144. The summed E-state index contributed by atoms with van der Waals surface area (Å²) in [6, 6.07) is 0. The molecule has 162 valence electrons. The molecule has 1 aliphatic rings. The first-order chi connectivity index (χ1) is 14.5. The molecule has 30 heavy (non-hydrogen) atoms. The van der Waals surface area contributed by atoms with Gasteiger partial charge in [-0.1, -0.05) is 6.92 Å². The van der Waals surface area contributed by atoms with E-state index in [1.807, 2.05) is 6.33 Å². The van der Waals surface area contributed by atoms with E-state index in [-0.39, 0.29) is 5.41 Å². The van der Waals surface area contributed by atoms with E-state index >= 15 is 0 Å². The van der Waals surface area contributed by atoms with E-state index in [1.165, 1.54) is 5.01 Å². The molecule has 1 unspecified atom stereocenters. The molecule has 1 aliphatic heterocycles. The van der Waals surface area contributed by atoms with E-state index in [2.05, 4.69) is 50.9 Å². The Bertz CT molecular complexity index is 1000. The molecule has 3 aromatic heterocycles. The summed E-state index contributed by atoms with van der Waals surface area (Å²) in [5.74, 6) is 1.69. The predicted octanol–water partition coefficient (Wildman–Crippen LogP) is 3.22. The lowest BCUT2D eigenvalue weighted by atomic mass is 9.81. The van der Waals surface area contributed by atoms with Gasteiger partial charge in [-0.3, -0.25) is 4.90 Å². The van der Waals surface area contributed by atoms with Crippen molar-refractivity contribution in [1.29, 1.82) is 0 Å². The molecule has 1 fully saturated rings. The van der Waals surface area contributed by atoms with E-state index in [9.17, 15) is 0 Å². The van der Waals surface area contributed by atoms with Crippen LogP contribution in [0.4, 0.5) is 5.82 Å². The Labute approximate surface area is 181 Å². The van der Waals surface area contributed by atoms with Gasteiger partial charge in [-0.05, 0) is 33.2 Å². The van der Waals surface area contributed by atoms with Crippen LogP contribution in [0.1, 0.15) is 43.2 Å². The molecule has 0 saturated carbocycles. The van der Waals surface area contributed by atoms with E-state index in [0.29, 0.717) is 13.2 Å². The van der Waals surface area contributed by atoms with Crippen LogP contribution in [0.5, 0.6) is 0 Å². The Kier molecular flexibility index (Phi) is 6.31. The van der Waals surface area contributed by atoms with Crippen LogP contribution in [0.25, 0.3) is 11.2 Å². The maximum atomic E-state index is 5.20. The number of nitrogens with zero attached hydrogens (tertiary/aromatic N) is 6. The molecule has 0 radical (unpaired) electrons. The number of rotatable bonds is 8. The highest BCUT2D eigenvalue weighted by Gasteiger charge is 2.36. The van der Waals surface area contributed by atoms with Crippen LogP contribution >= 0.6 is 11.3 Å². The van der Waals surface area contributed by atoms with Crippen LogP contribution < -0.4 is 5.32 Å². The lowest BCUT2D eigenvalue weighted by Crippen LogP contribution is -2.45. The monoisotopic (exact) mass is 429 g/mol. The first-order valence-corrected chi connectivity index (χ1v) is 11.5. The summed E-state index contributed by atoms with van der Waals surface area (Å²) < 4.78 is 7.29. The third-order valence-corrected chi connectivity index (χ3v) is 6.70. The zero-order valence-corrected chi connectivity index (χ0v) is 19.1. The third kappa shape index (κ3) is 4.33. The minimum absolute atomic E-state index is 0.112. The number of thiazole rings is 1. The number of hydrogen-bond acceptors (Lipinski definition) is 8. The number of aryl methyl sites for hydroxylation is 2. The number of piperidine rings is 1. The maximum Gasteiger partial charge on any atom is 0.165 e. The number of methoxy groups -OCH3 is 1. The normalized spacial score (nSPS) is 20.1. The van der Waals surface area contributed by atoms with Crippen molar-refractivity contribution in [1.82, 2.24) is 29.4 Å². The Morgan fingerprint density at radius 3 is 2.90 bits per heavy atom. The van der Waals surface area contributed by atoms with Gasteiger partial charge in [-0.25, -0.2) is 19.9 Å². The molecule has 4 rings (SSSR count). The summed E-state index contributed by atoms with van der Waals surface area (Å²) in [4.78, 5) is 21.7. The van der Waals surface area contributed by atoms with Gasteiger partial charge in [0.25, 0.3) is 0 Å². The molecular weight excluding hydrogens is 398 g/mol. The summed E-state index contributed by atoms with van der Waals surface area (Å²) >= 11 is 1.74. The molecule has 1 N–H and O–H groups in total. The second-order valence-corrected chi connectivity index (χ2v) is 9.22. The number of nitrogens with one attached hydrogen (secondary N) is 1. The number of aromatic nitrogens is 5. The molecule has 0 bridgehead atoms. The Balaban J connectivity index is 1.64. The van der Waals surface area contributed by atoms with Crippen LogP contribution in [0.3, 0.4) is 0 Å². The van der Waals surface area contributed by atoms with Gasteiger partial charge in [0.2, 0.25) is 0 Å². The van der Waals surface area contributed by atoms with E-state index in [1.54, 1.807) is 18.4 Å². The average Bonchev–Trinajstić information content (AvgIpc) is 3.33. The minimum atomic E-state index is -0.112. The van der Waals surface area contributed by atoms with Gasteiger partial charge >= 0.3 is 0 Å². The van der Waals surface area contributed by atoms with E-state index < -0.39 is 0 Å². The SMILES string of the molecule is CCn1cnc2c(NCCOC)nc(C3(C)CCCN(Cc4nc(C)cs4)C3)nc21. The van der Waals surface area contributed by atoms with E-state index in [4.69, 9.17) is 14.7 Å². The summed E-state index contributed by atoms with van der Waals surface area (Å²) in [6.45, 7) is 11.5. The molecule has 1 saturated heterocycles. The predicted molar refractivity (Wildman–Crippen MR) is 120 cm³/mol. The van der Waals surface area contributed by atoms with Crippen molar-refractivity contribution in [2.24, 2.45) is 0 Å². The second-order valence-electron chi connectivity index (χ2n) is 8.28. The van der Waals surface area contributed by atoms with Gasteiger partial charge in [0.1, 0.15) is 16.3 Å². The fraction of sp³-hybridized carbons (Fsp3) is 0.619. The largest absolute Gasteiger partial charge is 0.383 e. The summed E-state index contributed by atoms with van der Waals surface area (Å²) in [6.07, 6.45) is 4.05. The van der Waals surface area contributed by atoms with Crippen molar-refractivity contribution >= 4 is 28.3 Å². The Morgan fingerprint density at radius 2 is 2.17 bits per heavy atom. The number of likely N-dealkylation sites (tertiary alicyclic amines) is 1. The van der Waals surface area contributed by atoms with Crippen LogP contribution in [0, 0.1) is 6.92 Å². The highest BCUT2D eigenvalue weighted by molar-refractivity contribution is 7.09. The number of ether oxygens (including phenoxy) is 1. The summed E-state index contributed by atoms with van der Waals surface area (Å²) in [5.41, 5.74) is 2.71. The number of hydrogen-bond donors (Lipinski definition) is 1. The average molecular weight is 430 g/mol. The van der Waals surface area contributed by atoms with Gasteiger partial charge in [0.15, 0.2) is 11.5 Å². The standard InChI is InChI=1S/C21H31N7OS/c1-5-28-14-23-17-18(22-8-10-29-4)25-20(26-19(17)28)21(3)7-6-9-27(13-21)11-16-24-15(2)12-30-16/h12,14H,5-11,13H2,1-4H3,(H,22,25,26). The van der Waals surface area contributed by atoms with Crippen molar-refractivity contribution in [3.05, 3.63) is 28.2 Å². The summed E-state index contributed by atoms with van der Waals surface area (Å²) in [5, 5.41) is 6.71. The molecule has 9 heteroatoms. The van der Waals surface area contributed by atoms with E-state index in [0.717, 1.165) is 67.5 Å². The zero-order valence-electron chi connectivity index (χ0n) is 18.3. The van der Waals surface area contributed by atoms with Crippen LogP contribution in [-0.2, 0) is 23.2 Å². The molecule has 0 spiro atoms. The van der Waals surface area contributed by atoms with Crippen molar-refractivity contribution in [3.63, 3.8) is 0 Å². The van der Waals surface area contributed by atoms with Crippen molar-refractivity contribution < 1.29 is 4.74 Å². The van der Waals surface area contributed by atoms with Gasteiger partial charge in [0.05, 0.1) is 19.5 Å². The fourth-order valence-electron chi connectivity index (χ4n) is 4.17. The van der Waals surface area contributed by atoms with Gasteiger partial charge < -0.3 is 14.6 Å². The third-order valence-electron chi connectivity index (χ3n) is 5.74. The highest BCUT2D eigenvalue weighted by atomic mass is 32.1. The van der Waals surface area contributed by atoms with Gasteiger partial charge in [-0.2, -0.15) is 0 Å². The molecule has 4 heterocycles. The second kappa shape index (κ2) is 8.95.